The van der Waals surface area contributed by atoms with Crippen molar-refractivity contribution >= 4 is 15.7 Å². The summed E-state index contributed by atoms with van der Waals surface area (Å²) in [5.41, 5.74) is 6.46. The van der Waals surface area contributed by atoms with Crippen molar-refractivity contribution in [3.8, 4) is 11.8 Å². The topological polar surface area (TPSA) is 72.2 Å². The molecule has 3 N–H and O–H groups in total. The van der Waals surface area contributed by atoms with Crippen LogP contribution in [0.5, 0.6) is 0 Å². The summed E-state index contributed by atoms with van der Waals surface area (Å²) in [7, 11) is -3.36. The van der Waals surface area contributed by atoms with E-state index in [1.165, 1.54) is 0 Å². The smallest absolute Gasteiger partial charge is 0.232 e. The average molecular weight is 294 g/mol. The lowest BCUT2D eigenvalue weighted by molar-refractivity contribution is 0.397. The van der Waals surface area contributed by atoms with E-state index in [-0.39, 0.29) is 17.7 Å². The summed E-state index contributed by atoms with van der Waals surface area (Å²) >= 11 is 0. The first kappa shape index (κ1) is 16.5. The van der Waals surface area contributed by atoms with Crippen LogP contribution in [-0.2, 0) is 10.0 Å². The molecule has 0 amide bonds. The van der Waals surface area contributed by atoms with Crippen LogP contribution >= 0.6 is 0 Å². The standard InChI is InChI=1S/C15H22N2O2S/c1-15(2,3)10-12-20(18,19)17-14-9-5-4-7-13(14)8-6-11-16/h4-5,7,9,17H,10-12,16H2,1-3H3. The molecule has 1 aromatic rings. The molecule has 0 radical (unpaired) electrons. The second-order valence-corrected chi connectivity index (χ2v) is 7.62. The third-order valence-corrected chi connectivity index (χ3v) is 3.91. The highest BCUT2D eigenvalue weighted by Gasteiger charge is 2.18. The third kappa shape index (κ3) is 6.09. The molecule has 0 aliphatic heterocycles. The van der Waals surface area contributed by atoms with Crippen LogP contribution in [0.4, 0.5) is 5.69 Å². The molecule has 1 aromatic carbocycles. The van der Waals surface area contributed by atoms with Crippen LogP contribution in [0, 0.1) is 17.3 Å². The van der Waals surface area contributed by atoms with Crippen LogP contribution in [0.3, 0.4) is 0 Å². The molecule has 1 rings (SSSR count). The van der Waals surface area contributed by atoms with Crippen LogP contribution < -0.4 is 10.5 Å². The van der Waals surface area contributed by atoms with Gasteiger partial charge in [-0.15, -0.1) is 0 Å². The van der Waals surface area contributed by atoms with Gasteiger partial charge in [0.05, 0.1) is 18.0 Å². The zero-order valence-electron chi connectivity index (χ0n) is 12.2. The molecule has 4 nitrogen and oxygen atoms in total. The molecule has 0 aliphatic rings. The molecule has 0 saturated heterocycles. The van der Waals surface area contributed by atoms with E-state index in [2.05, 4.69) is 16.6 Å². The van der Waals surface area contributed by atoms with E-state index >= 15 is 0 Å². The van der Waals surface area contributed by atoms with Gasteiger partial charge >= 0.3 is 0 Å². The van der Waals surface area contributed by atoms with Gasteiger partial charge in [0.1, 0.15) is 0 Å². The Labute approximate surface area is 121 Å². The number of para-hydroxylation sites is 1. The number of hydrogen-bond donors (Lipinski definition) is 2. The molecule has 0 bridgehead atoms. The molecule has 20 heavy (non-hydrogen) atoms. The molecule has 5 heteroatoms. The fourth-order valence-electron chi connectivity index (χ4n) is 1.49. The first-order chi connectivity index (χ1) is 9.23. The minimum Gasteiger partial charge on any atom is -0.320 e. The number of anilines is 1. The highest BCUT2D eigenvalue weighted by Crippen LogP contribution is 2.21. The van der Waals surface area contributed by atoms with Crippen LogP contribution in [0.15, 0.2) is 24.3 Å². The molecule has 110 valence electrons. The van der Waals surface area contributed by atoms with Crippen molar-refractivity contribution in [2.24, 2.45) is 11.1 Å². The number of hydrogen-bond acceptors (Lipinski definition) is 3. The Morgan fingerprint density at radius 2 is 1.90 bits per heavy atom. The van der Waals surface area contributed by atoms with Crippen molar-refractivity contribution < 1.29 is 8.42 Å². The number of sulfonamides is 1. The van der Waals surface area contributed by atoms with Gasteiger partial charge in [-0.25, -0.2) is 8.42 Å². The Bertz CT molecular complexity index is 605. The molecule has 0 heterocycles. The van der Waals surface area contributed by atoms with Gasteiger partial charge in [0, 0.05) is 5.56 Å². The molecule has 0 spiro atoms. The second kappa shape index (κ2) is 6.78. The van der Waals surface area contributed by atoms with E-state index in [9.17, 15) is 8.42 Å². The largest absolute Gasteiger partial charge is 0.320 e. The zero-order chi connectivity index (χ0) is 15.2. The van der Waals surface area contributed by atoms with E-state index in [4.69, 9.17) is 5.73 Å². The van der Waals surface area contributed by atoms with Crippen LogP contribution in [0.25, 0.3) is 0 Å². The third-order valence-electron chi connectivity index (χ3n) is 2.64. The molecule has 0 fully saturated rings. The van der Waals surface area contributed by atoms with Crippen molar-refractivity contribution in [2.45, 2.75) is 27.2 Å². The van der Waals surface area contributed by atoms with Gasteiger partial charge in [-0.05, 0) is 24.0 Å². The molecule has 0 unspecified atom stereocenters. The second-order valence-electron chi connectivity index (χ2n) is 5.78. The number of nitrogens with two attached hydrogens (primary N) is 1. The van der Waals surface area contributed by atoms with Crippen LogP contribution in [0.1, 0.15) is 32.8 Å². The number of rotatable bonds is 4. The van der Waals surface area contributed by atoms with Gasteiger partial charge in [0.2, 0.25) is 10.0 Å². The fraction of sp³-hybridized carbons (Fsp3) is 0.467. The predicted molar refractivity (Wildman–Crippen MR) is 83.9 cm³/mol. The van der Waals surface area contributed by atoms with E-state index in [1.807, 2.05) is 26.8 Å². The van der Waals surface area contributed by atoms with Gasteiger partial charge in [-0.3, -0.25) is 4.72 Å². The van der Waals surface area contributed by atoms with Gasteiger partial charge in [0.25, 0.3) is 0 Å². The summed E-state index contributed by atoms with van der Waals surface area (Å²) in [5, 5.41) is 0. The summed E-state index contributed by atoms with van der Waals surface area (Å²) in [5.74, 6) is 5.69. The Morgan fingerprint density at radius 3 is 2.50 bits per heavy atom. The van der Waals surface area contributed by atoms with Gasteiger partial charge < -0.3 is 5.73 Å². The van der Waals surface area contributed by atoms with Crippen molar-refractivity contribution in [1.82, 2.24) is 0 Å². The summed E-state index contributed by atoms with van der Waals surface area (Å²) in [6.07, 6.45) is 0.596. The summed E-state index contributed by atoms with van der Waals surface area (Å²) in [4.78, 5) is 0. The van der Waals surface area contributed by atoms with Crippen LogP contribution in [-0.4, -0.2) is 20.7 Å². The minimum atomic E-state index is -3.36. The van der Waals surface area contributed by atoms with Crippen molar-refractivity contribution in [1.29, 1.82) is 0 Å². The van der Waals surface area contributed by atoms with E-state index < -0.39 is 10.0 Å². The first-order valence-electron chi connectivity index (χ1n) is 6.52. The molecule has 0 saturated carbocycles. The van der Waals surface area contributed by atoms with Gasteiger partial charge in [-0.1, -0.05) is 44.7 Å². The van der Waals surface area contributed by atoms with Crippen molar-refractivity contribution in [3.63, 3.8) is 0 Å². The van der Waals surface area contributed by atoms with E-state index in [0.29, 0.717) is 17.7 Å². The summed E-state index contributed by atoms with van der Waals surface area (Å²) in [6.45, 7) is 6.29. The van der Waals surface area contributed by atoms with Crippen molar-refractivity contribution in [3.05, 3.63) is 29.8 Å². The van der Waals surface area contributed by atoms with Gasteiger partial charge in [-0.2, -0.15) is 0 Å². The highest BCUT2D eigenvalue weighted by molar-refractivity contribution is 7.92. The maximum Gasteiger partial charge on any atom is 0.232 e. The molecule has 0 aromatic heterocycles. The summed E-state index contributed by atoms with van der Waals surface area (Å²) < 4.78 is 26.8. The predicted octanol–water partition coefficient (Wildman–Crippen LogP) is 2.17. The Hall–Kier alpha value is -1.51. The minimum absolute atomic E-state index is 0.0202. The maximum atomic E-state index is 12.1. The Balaban J connectivity index is 2.87. The lowest BCUT2D eigenvalue weighted by Crippen LogP contribution is -2.21. The number of benzene rings is 1. The molecular weight excluding hydrogens is 272 g/mol. The molecular formula is C15H22N2O2S. The zero-order valence-corrected chi connectivity index (χ0v) is 13.0. The average Bonchev–Trinajstić information content (AvgIpc) is 2.34. The van der Waals surface area contributed by atoms with Crippen LogP contribution in [0.2, 0.25) is 0 Å². The SMILES string of the molecule is CC(C)(C)CCS(=O)(=O)Nc1ccccc1C#CCN. The first-order valence-corrected chi connectivity index (χ1v) is 8.17. The summed E-state index contributed by atoms with van der Waals surface area (Å²) in [6, 6.07) is 7.06. The maximum absolute atomic E-state index is 12.1. The normalized spacial score (nSPS) is 11.6. The lowest BCUT2D eigenvalue weighted by Gasteiger charge is -2.18. The fourth-order valence-corrected chi connectivity index (χ4v) is 2.98. The quantitative estimate of drug-likeness (QED) is 0.836. The lowest BCUT2D eigenvalue weighted by atomic mass is 9.94. The van der Waals surface area contributed by atoms with Crippen molar-refractivity contribution in [2.75, 3.05) is 17.0 Å². The van der Waals surface area contributed by atoms with Gasteiger partial charge in [0.15, 0.2) is 0 Å². The number of nitrogens with one attached hydrogen (secondary N) is 1. The monoisotopic (exact) mass is 294 g/mol. The Kier molecular flexibility index (Phi) is 5.61. The molecule has 0 atom stereocenters. The van der Waals surface area contributed by atoms with E-state index in [1.54, 1.807) is 18.2 Å². The highest BCUT2D eigenvalue weighted by atomic mass is 32.2. The molecule has 0 aliphatic carbocycles. The Morgan fingerprint density at radius 1 is 1.25 bits per heavy atom. The van der Waals surface area contributed by atoms with E-state index in [0.717, 1.165) is 0 Å².